The Balaban J connectivity index is 2.89. The van der Waals surface area contributed by atoms with Gasteiger partial charge in [-0.3, -0.25) is 4.79 Å². The Hall–Kier alpha value is -1.75. The summed E-state index contributed by atoms with van der Waals surface area (Å²) in [5.74, 6) is -1.12. The first-order chi connectivity index (χ1) is 11.0. The van der Waals surface area contributed by atoms with Crippen LogP contribution >= 0.6 is 23.4 Å². The fourth-order valence-corrected chi connectivity index (χ4v) is 3.05. The lowest BCUT2D eigenvalue weighted by atomic mass is 10.2. The van der Waals surface area contributed by atoms with Crippen LogP contribution in [0.25, 0.3) is 0 Å². The van der Waals surface area contributed by atoms with Crippen molar-refractivity contribution in [1.29, 1.82) is 5.26 Å². The maximum atomic E-state index is 13.8. The second-order valence-corrected chi connectivity index (χ2v) is 5.83. The molecule has 0 spiro atoms. The Labute approximate surface area is 143 Å². The van der Waals surface area contributed by atoms with Gasteiger partial charge >= 0.3 is 0 Å². The normalized spacial score (nSPS) is 11.6. The van der Waals surface area contributed by atoms with Crippen molar-refractivity contribution >= 4 is 29.3 Å². The minimum absolute atomic E-state index is 0.163. The summed E-state index contributed by atoms with van der Waals surface area (Å²) in [6, 6.07) is 6.16. The number of nitrogens with zero attached hydrogens (tertiary/aromatic N) is 1. The standard InChI is InChI=1S/C15H17ClFN3O2S/c1-22-7-3-6-20-15(10(8-18)14(19)21)23-9-11-12(16)4-2-5-13(11)17/h2,4-5,20H,3,6-7,9H2,1H3,(H2,19,21)/b15-10-. The summed E-state index contributed by atoms with van der Waals surface area (Å²) in [6.07, 6.45) is 0.679. The van der Waals surface area contributed by atoms with Crippen molar-refractivity contribution in [2.45, 2.75) is 12.2 Å². The lowest BCUT2D eigenvalue weighted by Crippen LogP contribution is -2.22. The van der Waals surface area contributed by atoms with Gasteiger partial charge in [-0.15, -0.1) is 11.8 Å². The number of rotatable bonds is 9. The van der Waals surface area contributed by atoms with Crippen LogP contribution in [-0.4, -0.2) is 26.2 Å². The lowest BCUT2D eigenvalue weighted by molar-refractivity contribution is -0.114. The van der Waals surface area contributed by atoms with Crippen molar-refractivity contribution < 1.29 is 13.9 Å². The first kappa shape index (κ1) is 19.3. The van der Waals surface area contributed by atoms with E-state index in [0.29, 0.717) is 30.2 Å². The van der Waals surface area contributed by atoms with E-state index < -0.39 is 11.7 Å². The zero-order valence-electron chi connectivity index (χ0n) is 12.6. The molecule has 1 aromatic rings. The SMILES string of the molecule is COCCCN/C(SCc1c(F)cccc1Cl)=C(\C#N)C(N)=O. The van der Waals surface area contributed by atoms with Crippen LogP contribution in [0, 0.1) is 17.1 Å². The van der Waals surface area contributed by atoms with Gasteiger partial charge in [0.05, 0.1) is 5.03 Å². The summed E-state index contributed by atoms with van der Waals surface area (Å²) in [5.41, 5.74) is 5.32. The van der Waals surface area contributed by atoms with Gasteiger partial charge in [-0.1, -0.05) is 17.7 Å². The van der Waals surface area contributed by atoms with Crippen LogP contribution in [0.4, 0.5) is 4.39 Å². The average molecular weight is 358 g/mol. The molecule has 3 N–H and O–H groups in total. The van der Waals surface area contributed by atoms with E-state index in [1.54, 1.807) is 19.2 Å². The highest BCUT2D eigenvalue weighted by molar-refractivity contribution is 8.02. The van der Waals surface area contributed by atoms with Crippen LogP contribution in [0.2, 0.25) is 5.02 Å². The molecule has 23 heavy (non-hydrogen) atoms. The van der Waals surface area contributed by atoms with Crippen molar-refractivity contribution in [2.24, 2.45) is 5.73 Å². The predicted octanol–water partition coefficient (Wildman–Crippen LogP) is 2.56. The van der Waals surface area contributed by atoms with Gasteiger partial charge in [0.2, 0.25) is 0 Å². The van der Waals surface area contributed by atoms with Gasteiger partial charge in [0.15, 0.2) is 0 Å². The maximum Gasteiger partial charge on any atom is 0.262 e. The molecule has 1 rings (SSSR count). The smallest absolute Gasteiger partial charge is 0.262 e. The highest BCUT2D eigenvalue weighted by Crippen LogP contribution is 2.28. The molecule has 0 heterocycles. The molecule has 5 nitrogen and oxygen atoms in total. The third kappa shape index (κ3) is 6.10. The molecule has 0 fully saturated rings. The highest BCUT2D eigenvalue weighted by Gasteiger charge is 2.15. The van der Waals surface area contributed by atoms with Crippen molar-refractivity contribution in [1.82, 2.24) is 5.32 Å². The molecule has 0 aliphatic rings. The number of hydrogen-bond acceptors (Lipinski definition) is 5. The third-order valence-corrected chi connectivity index (χ3v) is 4.24. The van der Waals surface area contributed by atoms with Crippen molar-refractivity contribution in [3.05, 3.63) is 45.2 Å². The first-order valence-electron chi connectivity index (χ1n) is 6.74. The maximum absolute atomic E-state index is 13.8. The van der Waals surface area contributed by atoms with Gasteiger partial charge in [0.1, 0.15) is 17.5 Å². The van der Waals surface area contributed by atoms with Crippen LogP contribution in [0.1, 0.15) is 12.0 Å². The van der Waals surface area contributed by atoms with Crippen molar-refractivity contribution in [3.8, 4) is 6.07 Å². The number of primary amides is 1. The monoisotopic (exact) mass is 357 g/mol. The summed E-state index contributed by atoms with van der Waals surface area (Å²) >= 11 is 7.07. The quantitative estimate of drug-likeness (QED) is 0.403. The molecular formula is C15H17ClFN3O2S. The number of hydrogen-bond donors (Lipinski definition) is 2. The molecule has 0 saturated carbocycles. The van der Waals surface area contributed by atoms with Crippen LogP contribution in [-0.2, 0) is 15.3 Å². The van der Waals surface area contributed by atoms with Gasteiger partial charge < -0.3 is 15.8 Å². The molecule has 0 aliphatic carbocycles. The number of amides is 1. The van der Waals surface area contributed by atoms with Crippen LogP contribution in [0.3, 0.4) is 0 Å². The molecule has 0 saturated heterocycles. The number of benzene rings is 1. The second-order valence-electron chi connectivity index (χ2n) is 4.44. The predicted molar refractivity (Wildman–Crippen MR) is 89.0 cm³/mol. The van der Waals surface area contributed by atoms with Crippen molar-refractivity contribution in [2.75, 3.05) is 20.3 Å². The molecule has 0 bridgehead atoms. The number of thioether (sulfide) groups is 1. The number of carbonyl (C=O) groups is 1. The topological polar surface area (TPSA) is 88.1 Å². The van der Waals surface area contributed by atoms with E-state index in [1.165, 1.54) is 12.1 Å². The fourth-order valence-electron chi connectivity index (χ4n) is 1.66. The molecule has 0 aromatic heterocycles. The number of methoxy groups -OCH3 is 1. The third-order valence-electron chi connectivity index (χ3n) is 2.82. The van der Waals surface area contributed by atoms with Crippen LogP contribution < -0.4 is 11.1 Å². The molecule has 0 unspecified atom stereocenters. The highest BCUT2D eigenvalue weighted by atomic mass is 35.5. The zero-order chi connectivity index (χ0) is 17.2. The summed E-state index contributed by atoms with van der Waals surface area (Å²) in [4.78, 5) is 11.4. The van der Waals surface area contributed by atoms with E-state index in [0.717, 1.165) is 11.8 Å². The fraction of sp³-hybridized carbons (Fsp3) is 0.333. The molecule has 0 aliphatic heterocycles. The Morgan fingerprint density at radius 2 is 2.30 bits per heavy atom. The van der Waals surface area contributed by atoms with Gasteiger partial charge in [0, 0.05) is 36.6 Å². The Kier molecular flexibility index (Phi) is 8.48. The van der Waals surface area contributed by atoms with Gasteiger partial charge in [-0.05, 0) is 18.6 Å². The summed E-state index contributed by atoms with van der Waals surface area (Å²) in [6.45, 7) is 1.02. The van der Waals surface area contributed by atoms with E-state index in [2.05, 4.69) is 5.32 Å². The lowest BCUT2D eigenvalue weighted by Gasteiger charge is -2.13. The Bertz CT molecular complexity index is 611. The molecule has 0 radical (unpaired) electrons. The van der Waals surface area contributed by atoms with E-state index in [-0.39, 0.29) is 16.3 Å². The minimum Gasteiger partial charge on any atom is -0.385 e. The molecule has 1 amide bonds. The molecule has 1 aromatic carbocycles. The second kappa shape index (κ2) is 10.1. The number of nitrogens with two attached hydrogens (primary N) is 1. The first-order valence-corrected chi connectivity index (χ1v) is 8.10. The summed E-state index contributed by atoms with van der Waals surface area (Å²) in [7, 11) is 1.58. The van der Waals surface area contributed by atoms with E-state index in [9.17, 15) is 9.18 Å². The molecular weight excluding hydrogens is 341 g/mol. The van der Waals surface area contributed by atoms with Crippen LogP contribution in [0.15, 0.2) is 28.8 Å². The molecule has 8 heteroatoms. The van der Waals surface area contributed by atoms with E-state index in [4.69, 9.17) is 27.3 Å². The zero-order valence-corrected chi connectivity index (χ0v) is 14.1. The number of nitriles is 1. The number of nitrogens with one attached hydrogen (secondary N) is 1. The Morgan fingerprint density at radius 1 is 1.57 bits per heavy atom. The van der Waals surface area contributed by atoms with Gasteiger partial charge in [-0.25, -0.2) is 4.39 Å². The number of carbonyl (C=O) groups excluding carboxylic acids is 1. The minimum atomic E-state index is -0.839. The molecule has 124 valence electrons. The van der Waals surface area contributed by atoms with Crippen LogP contribution in [0.5, 0.6) is 0 Å². The van der Waals surface area contributed by atoms with Gasteiger partial charge in [0.25, 0.3) is 5.91 Å². The number of ether oxygens (including phenoxy) is 1. The summed E-state index contributed by atoms with van der Waals surface area (Å²) < 4.78 is 18.7. The van der Waals surface area contributed by atoms with Crippen molar-refractivity contribution in [3.63, 3.8) is 0 Å². The van der Waals surface area contributed by atoms with E-state index in [1.807, 2.05) is 0 Å². The van der Waals surface area contributed by atoms with E-state index >= 15 is 0 Å². The van der Waals surface area contributed by atoms with Gasteiger partial charge in [-0.2, -0.15) is 5.26 Å². The summed E-state index contributed by atoms with van der Waals surface area (Å²) in [5, 5.41) is 12.6. The average Bonchev–Trinajstić information content (AvgIpc) is 2.50. The Morgan fingerprint density at radius 3 is 2.87 bits per heavy atom. The molecule has 0 atom stereocenters. The number of halogens is 2. The largest absolute Gasteiger partial charge is 0.385 e.